The first-order chi connectivity index (χ1) is 10.2. The maximum atomic E-state index is 6.27. The van der Waals surface area contributed by atoms with Gasteiger partial charge in [-0.05, 0) is 43.4 Å². The summed E-state index contributed by atoms with van der Waals surface area (Å²) < 4.78 is 6.27. The van der Waals surface area contributed by atoms with Crippen molar-refractivity contribution < 1.29 is 4.42 Å². The number of furan rings is 1. The number of rotatable bonds is 8. The first-order valence-corrected chi connectivity index (χ1v) is 8.46. The number of benzene rings is 1. The largest absolute Gasteiger partial charge is 0.459 e. The van der Waals surface area contributed by atoms with Crippen molar-refractivity contribution in [2.45, 2.75) is 65.3 Å². The molecule has 0 spiro atoms. The van der Waals surface area contributed by atoms with Gasteiger partial charge < -0.3 is 9.73 Å². The third kappa shape index (κ3) is 3.68. The van der Waals surface area contributed by atoms with E-state index in [9.17, 15) is 0 Å². The Morgan fingerprint density at radius 3 is 2.62 bits per heavy atom. The Balaban J connectivity index is 2.36. The molecule has 0 fully saturated rings. The minimum absolute atomic E-state index is 0.340. The van der Waals surface area contributed by atoms with E-state index in [-0.39, 0.29) is 0 Å². The summed E-state index contributed by atoms with van der Waals surface area (Å²) in [6.45, 7) is 9.98. The molecule has 2 rings (SSSR count). The first kappa shape index (κ1) is 16.1. The van der Waals surface area contributed by atoms with E-state index < -0.39 is 0 Å². The van der Waals surface area contributed by atoms with E-state index in [0.29, 0.717) is 12.0 Å². The minimum atomic E-state index is 0.340. The Kier molecular flexibility index (Phi) is 5.86. The summed E-state index contributed by atoms with van der Waals surface area (Å²) >= 11 is 0. The maximum Gasteiger partial charge on any atom is 0.137 e. The van der Waals surface area contributed by atoms with Crippen LogP contribution in [0.15, 0.2) is 28.7 Å². The van der Waals surface area contributed by atoms with Crippen molar-refractivity contribution in [3.8, 4) is 0 Å². The van der Waals surface area contributed by atoms with Crippen molar-refractivity contribution in [3.63, 3.8) is 0 Å². The Morgan fingerprint density at radius 2 is 1.95 bits per heavy atom. The average Bonchev–Trinajstić information content (AvgIpc) is 2.94. The van der Waals surface area contributed by atoms with Gasteiger partial charge in [-0.15, -0.1) is 0 Å². The van der Waals surface area contributed by atoms with Crippen molar-refractivity contribution >= 4 is 11.0 Å². The van der Waals surface area contributed by atoms with Gasteiger partial charge in [0.1, 0.15) is 11.3 Å². The highest BCUT2D eigenvalue weighted by Crippen LogP contribution is 2.32. The average molecular weight is 287 g/mol. The van der Waals surface area contributed by atoms with Crippen LogP contribution in [0.1, 0.15) is 76.7 Å². The molecule has 21 heavy (non-hydrogen) atoms. The van der Waals surface area contributed by atoms with Gasteiger partial charge in [-0.3, -0.25) is 0 Å². The molecule has 0 aliphatic carbocycles. The molecule has 1 heterocycles. The predicted octanol–water partition coefficient (Wildman–Crippen LogP) is 5.79. The Bertz CT molecular complexity index is 558. The van der Waals surface area contributed by atoms with Gasteiger partial charge in [-0.2, -0.15) is 0 Å². The lowest BCUT2D eigenvalue weighted by Gasteiger charge is -2.15. The second-order valence-electron chi connectivity index (χ2n) is 6.02. The predicted molar refractivity (Wildman–Crippen MR) is 90.9 cm³/mol. The van der Waals surface area contributed by atoms with E-state index in [0.717, 1.165) is 43.6 Å². The van der Waals surface area contributed by atoms with E-state index in [1.54, 1.807) is 0 Å². The van der Waals surface area contributed by atoms with Crippen LogP contribution in [0.2, 0.25) is 0 Å². The molecule has 2 heteroatoms. The molecule has 1 aromatic heterocycles. The van der Waals surface area contributed by atoms with Crippen LogP contribution in [-0.2, 0) is 0 Å². The summed E-state index contributed by atoms with van der Waals surface area (Å²) in [5.74, 6) is 1.64. The lowest BCUT2D eigenvalue weighted by molar-refractivity contribution is 0.406. The second kappa shape index (κ2) is 7.65. The highest BCUT2D eigenvalue weighted by atomic mass is 16.3. The molecule has 0 saturated heterocycles. The van der Waals surface area contributed by atoms with Crippen molar-refractivity contribution in [2.24, 2.45) is 0 Å². The van der Waals surface area contributed by atoms with Gasteiger partial charge in [0.05, 0.1) is 6.04 Å². The molecule has 0 radical (unpaired) electrons. The van der Waals surface area contributed by atoms with E-state index in [1.807, 2.05) is 0 Å². The normalized spacial score (nSPS) is 14.5. The summed E-state index contributed by atoms with van der Waals surface area (Å²) in [6, 6.07) is 9.09. The highest BCUT2D eigenvalue weighted by Gasteiger charge is 2.17. The number of nitrogens with one attached hydrogen (secondary N) is 1. The van der Waals surface area contributed by atoms with Crippen molar-refractivity contribution in [1.29, 1.82) is 0 Å². The summed E-state index contributed by atoms with van der Waals surface area (Å²) in [5, 5.41) is 4.85. The monoisotopic (exact) mass is 287 g/mol. The van der Waals surface area contributed by atoms with Crippen LogP contribution in [0.5, 0.6) is 0 Å². The van der Waals surface area contributed by atoms with E-state index in [4.69, 9.17) is 4.42 Å². The summed E-state index contributed by atoms with van der Waals surface area (Å²) in [5.41, 5.74) is 2.42. The molecule has 2 nitrogen and oxygen atoms in total. The lowest BCUT2D eigenvalue weighted by atomic mass is 9.97. The van der Waals surface area contributed by atoms with Gasteiger partial charge in [0.2, 0.25) is 0 Å². The van der Waals surface area contributed by atoms with Gasteiger partial charge in [0, 0.05) is 5.39 Å². The fraction of sp³-hybridized carbons (Fsp3) is 0.579. The van der Waals surface area contributed by atoms with E-state index >= 15 is 0 Å². The standard InChI is InChI=1S/C19H29NO/c1-5-9-17(20-12-6-2)18-13-15-10-8-11-16(14(4)7-3)19(15)21-18/h8,10-11,13-14,17,20H,5-7,9,12H2,1-4H3. The molecule has 0 bridgehead atoms. The van der Waals surface area contributed by atoms with Gasteiger partial charge >= 0.3 is 0 Å². The molecule has 0 saturated carbocycles. The van der Waals surface area contributed by atoms with Crippen LogP contribution < -0.4 is 5.32 Å². The quantitative estimate of drug-likeness (QED) is 0.665. The van der Waals surface area contributed by atoms with Crippen LogP contribution in [0.25, 0.3) is 11.0 Å². The molecule has 2 aromatic rings. The van der Waals surface area contributed by atoms with Crippen molar-refractivity contribution in [2.75, 3.05) is 6.54 Å². The molecule has 1 N–H and O–H groups in total. The molecule has 1 aromatic carbocycles. The third-order valence-electron chi connectivity index (χ3n) is 4.30. The Morgan fingerprint density at radius 1 is 1.14 bits per heavy atom. The maximum absolute atomic E-state index is 6.27. The van der Waals surface area contributed by atoms with Gasteiger partial charge in [-0.25, -0.2) is 0 Å². The molecule has 2 atom stereocenters. The summed E-state index contributed by atoms with van der Waals surface area (Å²) in [6.07, 6.45) is 4.58. The Hall–Kier alpha value is -1.28. The molecule has 2 unspecified atom stereocenters. The number of hydrogen-bond acceptors (Lipinski definition) is 2. The number of para-hydroxylation sites is 1. The van der Waals surface area contributed by atoms with Crippen LogP contribution in [0.3, 0.4) is 0 Å². The van der Waals surface area contributed by atoms with E-state index in [2.05, 4.69) is 57.3 Å². The van der Waals surface area contributed by atoms with Crippen molar-refractivity contribution in [1.82, 2.24) is 5.32 Å². The number of fused-ring (bicyclic) bond motifs is 1. The van der Waals surface area contributed by atoms with E-state index in [1.165, 1.54) is 10.9 Å². The molecular formula is C19H29NO. The van der Waals surface area contributed by atoms with Gasteiger partial charge in [0.15, 0.2) is 0 Å². The zero-order valence-corrected chi connectivity index (χ0v) is 13.9. The summed E-state index contributed by atoms with van der Waals surface area (Å²) in [7, 11) is 0. The van der Waals surface area contributed by atoms with Gasteiger partial charge in [0.25, 0.3) is 0 Å². The second-order valence-corrected chi connectivity index (χ2v) is 6.02. The number of hydrogen-bond donors (Lipinski definition) is 1. The first-order valence-electron chi connectivity index (χ1n) is 8.46. The van der Waals surface area contributed by atoms with Crippen molar-refractivity contribution in [3.05, 3.63) is 35.6 Å². The molecule has 0 aliphatic heterocycles. The van der Waals surface area contributed by atoms with Crippen LogP contribution in [0.4, 0.5) is 0 Å². The molecule has 0 aliphatic rings. The van der Waals surface area contributed by atoms with Crippen LogP contribution >= 0.6 is 0 Å². The van der Waals surface area contributed by atoms with Crippen LogP contribution in [0, 0.1) is 0 Å². The topological polar surface area (TPSA) is 25.2 Å². The minimum Gasteiger partial charge on any atom is -0.459 e. The Labute approximate surface area is 128 Å². The van der Waals surface area contributed by atoms with Crippen LogP contribution in [-0.4, -0.2) is 6.54 Å². The zero-order chi connectivity index (χ0) is 15.2. The lowest BCUT2D eigenvalue weighted by Crippen LogP contribution is -2.21. The zero-order valence-electron chi connectivity index (χ0n) is 13.9. The smallest absolute Gasteiger partial charge is 0.137 e. The molecule has 0 amide bonds. The highest BCUT2D eigenvalue weighted by molar-refractivity contribution is 5.81. The SMILES string of the molecule is CCCNC(CCC)c1cc2cccc(C(C)CC)c2o1. The third-order valence-corrected chi connectivity index (χ3v) is 4.30. The summed E-state index contributed by atoms with van der Waals surface area (Å²) in [4.78, 5) is 0. The van der Waals surface area contributed by atoms with Gasteiger partial charge in [-0.1, -0.05) is 52.3 Å². The molecule has 116 valence electrons. The molecular weight excluding hydrogens is 258 g/mol. The fourth-order valence-corrected chi connectivity index (χ4v) is 2.84. The fourth-order valence-electron chi connectivity index (χ4n) is 2.84.